The summed E-state index contributed by atoms with van der Waals surface area (Å²) in [5.74, 6) is 0.671. The van der Waals surface area contributed by atoms with Crippen LogP contribution in [0.4, 0.5) is 5.69 Å². The van der Waals surface area contributed by atoms with Crippen LogP contribution in [0, 0.1) is 5.92 Å². The lowest BCUT2D eigenvalue weighted by Gasteiger charge is -2.29. The maximum Gasteiger partial charge on any atom is 0.264 e. The van der Waals surface area contributed by atoms with E-state index in [1.165, 1.54) is 36.0 Å². The minimum absolute atomic E-state index is 0.00654. The fourth-order valence-electron chi connectivity index (χ4n) is 3.70. The normalized spacial score (nSPS) is 19.2. The van der Waals surface area contributed by atoms with Crippen LogP contribution in [0.25, 0.3) is 0 Å². The largest absolute Gasteiger partial charge is 0.497 e. The van der Waals surface area contributed by atoms with Crippen molar-refractivity contribution in [1.82, 2.24) is 5.32 Å². The molecule has 1 fully saturated rings. The van der Waals surface area contributed by atoms with Crippen molar-refractivity contribution < 1.29 is 17.9 Å². The number of anilines is 1. The van der Waals surface area contributed by atoms with Gasteiger partial charge in [0.15, 0.2) is 0 Å². The molecule has 1 aliphatic rings. The van der Waals surface area contributed by atoms with Gasteiger partial charge < -0.3 is 10.1 Å². The molecular formula is C22H27ClN2O4S. The van der Waals surface area contributed by atoms with Crippen molar-refractivity contribution in [3.8, 4) is 5.75 Å². The molecule has 1 amide bonds. The van der Waals surface area contributed by atoms with E-state index < -0.39 is 10.0 Å². The molecule has 1 saturated carbocycles. The topological polar surface area (TPSA) is 75.7 Å². The van der Waals surface area contributed by atoms with Crippen molar-refractivity contribution in [2.45, 2.75) is 43.5 Å². The first-order valence-electron chi connectivity index (χ1n) is 9.97. The molecule has 30 heavy (non-hydrogen) atoms. The highest BCUT2D eigenvalue weighted by molar-refractivity contribution is 7.92. The summed E-state index contributed by atoms with van der Waals surface area (Å²) in [5.41, 5.74) is 0.645. The summed E-state index contributed by atoms with van der Waals surface area (Å²) in [5, 5.41) is 3.26. The average molecular weight is 451 g/mol. The van der Waals surface area contributed by atoms with Crippen LogP contribution in [0.15, 0.2) is 47.4 Å². The van der Waals surface area contributed by atoms with Crippen molar-refractivity contribution in [3.05, 3.63) is 53.1 Å². The van der Waals surface area contributed by atoms with Gasteiger partial charge in [-0.3, -0.25) is 9.10 Å². The van der Waals surface area contributed by atoms with E-state index in [9.17, 15) is 13.2 Å². The first-order valence-corrected chi connectivity index (χ1v) is 11.8. The number of carbonyl (C=O) groups is 1. The minimum Gasteiger partial charge on any atom is -0.497 e. The number of nitrogens with zero attached hydrogens (tertiary/aromatic N) is 1. The Labute approximate surface area is 183 Å². The van der Waals surface area contributed by atoms with Gasteiger partial charge in [-0.15, -0.1) is 0 Å². The lowest BCUT2D eigenvalue weighted by molar-refractivity contribution is 0.0910. The van der Waals surface area contributed by atoms with Gasteiger partial charge in [-0.05, 0) is 61.2 Å². The molecule has 8 heteroatoms. The maximum absolute atomic E-state index is 13.1. The third kappa shape index (κ3) is 4.73. The van der Waals surface area contributed by atoms with Gasteiger partial charge in [0.2, 0.25) is 0 Å². The Hall–Kier alpha value is -2.25. The Morgan fingerprint density at radius 2 is 1.80 bits per heavy atom. The predicted molar refractivity (Wildman–Crippen MR) is 119 cm³/mol. The Bertz CT molecular complexity index is 1010. The summed E-state index contributed by atoms with van der Waals surface area (Å²) >= 11 is 6.24. The molecule has 0 bridgehead atoms. The first-order chi connectivity index (χ1) is 14.2. The second-order valence-corrected chi connectivity index (χ2v) is 10.0. The van der Waals surface area contributed by atoms with Gasteiger partial charge >= 0.3 is 0 Å². The zero-order chi connectivity index (χ0) is 21.9. The monoisotopic (exact) mass is 450 g/mol. The van der Waals surface area contributed by atoms with Crippen molar-refractivity contribution in [2.75, 3.05) is 18.5 Å². The quantitative estimate of drug-likeness (QED) is 0.703. The lowest BCUT2D eigenvalue weighted by Crippen LogP contribution is -2.41. The number of methoxy groups -OCH3 is 1. The van der Waals surface area contributed by atoms with Gasteiger partial charge in [-0.1, -0.05) is 31.4 Å². The van der Waals surface area contributed by atoms with Crippen LogP contribution in [0.3, 0.4) is 0 Å². The SMILES string of the molecule is COc1ccc(N(C)S(=O)(=O)c2ccc(Cl)c(C(=O)NC3CCCCC3C)c2)cc1. The van der Waals surface area contributed by atoms with E-state index in [1.54, 1.807) is 31.4 Å². The average Bonchev–Trinajstić information content (AvgIpc) is 2.75. The van der Waals surface area contributed by atoms with Crippen molar-refractivity contribution >= 4 is 33.2 Å². The Kier molecular flexibility index (Phi) is 6.93. The number of ether oxygens (including phenoxy) is 1. The molecule has 1 aliphatic carbocycles. The third-order valence-electron chi connectivity index (χ3n) is 5.70. The summed E-state index contributed by atoms with van der Waals surface area (Å²) < 4.78 is 32.6. The number of sulfonamides is 1. The summed E-state index contributed by atoms with van der Waals surface area (Å²) in [7, 11) is -0.861. The van der Waals surface area contributed by atoms with Crippen LogP contribution in [-0.4, -0.2) is 34.5 Å². The molecule has 1 N–H and O–H groups in total. The molecule has 0 aromatic heterocycles. The standard InChI is InChI=1S/C22H27ClN2O4S/c1-15-6-4-5-7-21(15)24-22(26)19-14-18(12-13-20(19)23)30(27,28)25(2)16-8-10-17(29-3)11-9-16/h8-15,21H,4-7H2,1-3H3,(H,24,26). The van der Waals surface area contributed by atoms with Crippen LogP contribution in [0.1, 0.15) is 43.0 Å². The van der Waals surface area contributed by atoms with E-state index in [0.717, 1.165) is 19.3 Å². The zero-order valence-electron chi connectivity index (χ0n) is 17.4. The van der Waals surface area contributed by atoms with Gasteiger partial charge in [-0.25, -0.2) is 8.42 Å². The van der Waals surface area contributed by atoms with Gasteiger partial charge in [0, 0.05) is 13.1 Å². The van der Waals surface area contributed by atoms with E-state index >= 15 is 0 Å². The molecule has 0 heterocycles. The maximum atomic E-state index is 13.1. The van der Waals surface area contributed by atoms with Crippen LogP contribution in [-0.2, 0) is 10.0 Å². The highest BCUT2D eigenvalue weighted by atomic mass is 35.5. The van der Waals surface area contributed by atoms with E-state index in [4.69, 9.17) is 16.3 Å². The molecule has 3 rings (SSSR count). The number of amides is 1. The highest BCUT2D eigenvalue weighted by Crippen LogP contribution is 2.28. The highest BCUT2D eigenvalue weighted by Gasteiger charge is 2.27. The summed E-state index contributed by atoms with van der Waals surface area (Å²) in [6.45, 7) is 2.12. The smallest absolute Gasteiger partial charge is 0.264 e. The molecule has 2 aromatic carbocycles. The molecule has 2 aromatic rings. The Balaban J connectivity index is 1.86. The van der Waals surface area contributed by atoms with Gasteiger partial charge in [0.05, 0.1) is 28.3 Å². The van der Waals surface area contributed by atoms with E-state index in [-0.39, 0.29) is 27.4 Å². The van der Waals surface area contributed by atoms with E-state index in [1.807, 2.05) is 0 Å². The molecule has 0 aliphatic heterocycles. The predicted octanol–water partition coefficient (Wildman–Crippen LogP) is 4.48. The number of rotatable bonds is 6. The molecule has 0 saturated heterocycles. The van der Waals surface area contributed by atoms with E-state index in [0.29, 0.717) is 17.4 Å². The molecule has 2 atom stereocenters. The lowest BCUT2D eigenvalue weighted by atomic mass is 9.86. The molecule has 6 nitrogen and oxygen atoms in total. The van der Waals surface area contributed by atoms with E-state index in [2.05, 4.69) is 12.2 Å². The number of benzene rings is 2. The number of nitrogens with one attached hydrogen (secondary N) is 1. The summed E-state index contributed by atoms with van der Waals surface area (Å²) in [4.78, 5) is 12.9. The Morgan fingerprint density at radius 1 is 1.13 bits per heavy atom. The number of hydrogen-bond donors (Lipinski definition) is 1. The van der Waals surface area contributed by atoms with Gasteiger partial charge in [-0.2, -0.15) is 0 Å². The first kappa shape index (κ1) is 22.4. The molecule has 0 spiro atoms. The van der Waals surface area contributed by atoms with Gasteiger partial charge in [0.25, 0.3) is 15.9 Å². The van der Waals surface area contributed by atoms with Gasteiger partial charge in [0.1, 0.15) is 5.75 Å². The number of carbonyl (C=O) groups excluding carboxylic acids is 1. The van der Waals surface area contributed by atoms with Crippen LogP contribution >= 0.6 is 11.6 Å². The van der Waals surface area contributed by atoms with Crippen molar-refractivity contribution in [1.29, 1.82) is 0 Å². The second-order valence-electron chi connectivity index (χ2n) is 7.65. The Morgan fingerprint density at radius 3 is 2.43 bits per heavy atom. The molecule has 0 radical (unpaired) electrons. The summed E-state index contributed by atoms with van der Waals surface area (Å²) in [6.07, 6.45) is 4.23. The fourth-order valence-corrected chi connectivity index (χ4v) is 5.13. The minimum atomic E-state index is -3.87. The van der Waals surface area contributed by atoms with Crippen molar-refractivity contribution in [3.63, 3.8) is 0 Å². The zero-order valence-corrected chi connectivity index (χ0v) is 19.0. The molecule has 2 unspecified atom stereocenters. The fraction of sp³-hybridized carbons (Fsp3) is 0.409. The van der Waals surface area contributed by atoms with Crippen LogP contribution in [0.5, 0.6) is 5.75 Å². The number of hydrogen-bond acceptors (Lipinski definition) is 4. The number of halogens is 1. The second kappa shape index (κ2) is 9.27. The molecule has 162 valence electrons. The third-order valence-corrected chi connectivity index (χ3v) is 7.82. The van der Waals surface area contributed by atoms with Crippen LogP contribution in [0.2, 0.25) is 5.02 Å². The molecular weight excluding hydrogens is 424 g/mol. The van der Waals surface area contributed by atoms with Crippen molar-refractivity contribution in [2.24, 2.45) is 5.92 Å². The summed E-state index contributed by atoms with van der Waals surface area (Å²) in [6, 6.07) is 11.0. The van der Waals surface area contributed by atoms with Crippen LogP contribution < -0.4 is 14.4 Å².